The number of nitrogens with zero attached hydrogens (tertiary/aromatic N) is 1. The molecule has 3 aromatic carbocycles. The van der Waals surface area contributed by atoms with Gasteiger partial charge in [-0.25, -0.2) is 4.79 Å². The second kappa shape index (κ2) is 11.1. The highest BCUT2D eigenvalue weighted by atomic mass is 127. The summed E-state index contributed by atoms with van der Waals surface area (Å²) in [5.41, 5.74) is 1.43. The van der Waals surface area contributed by atoms with Crippen LogP contribution in [0, 0.1) is 3.57 Å². The average Bonchev–Trinajstić information content (AvgIpc) is 3.42. The zero-order valence-corrected chi connectivity index (χ0v) is 22.6. The van der Waals surface area contributed by atoms with E-state index in [1.54, 1.807) is 24.3 Å². The first kappa shape index (κ1) is 25.5. The second-order valence-corrected chi connectivity index (χ2v) is 9.64. The molecule has 4 aromatic rings. The molecule has 1 aliphatic rings. The highest BCUT2D eigenvalue weighted by Crippen LogP contribution is 2.36. The molecule has 0 unspecified atom stereocenters. The summed E-state index contributed by atoms with van der Waals surface area (Å²) >= 11 is 2.14. The summed E-state index contributed by atoms with van der Waals surface area (Å²) in [7, 11) is 0. The molecule has 0 aliphatic carbocycles. The molecule has 1 fully saturated rings. The van der Waals surface area contributed by atoms with E-state index in [9.17, 15) is 14.4 Å². The summed E-state index contributed by atoms with van der Waals surface area (Å²) in [6.07, 6.45) is 2.89. The van der Waals surface area contributed by atoms with Gasteiger partial charge in [0.15, 0.2) is 11.5 Å². The van der Waals surface area contributed by atoms with Crippen LogP contribution in [0.15, 0.2) is 83.0 Å². The van der Waals surface area contributed by atoms with Crippen molar-refractivity contribution in [3.63, 3.8) is 0 Å². The number of nitrogens with one attached hydrogen (secondary N) is 1. The van der Waals surface area contributed by atoms with Gasteiger partial charge in [-0.15, -0.1) is 0 Å². The maximum absolute atomic E-state index is 13.1. The number of fused-ring (bicyclic) bond motifs is 1. The summed E-state index contributed by atoms with van der Waals surface area (Å²) < 4.78 is 18.1. The number of carbonyl (C=O) groups is 3. The summed E-state index contributed by atoms with van der Waals surface area (Å²) in [4.78, 5) is 38.9. The third-order valence-electron chi connectivity index (χ3n) is 5.97. The Labute approximate surface area is 232 Å². The molecule has 192 valence electrons. The molecule has 1 aromatic heterocycles. The van der Waals surface area contributed by atoms with Gasteiger partial charge in [0, 0.05) is 0 Å². The standard InChI is InChI=1S/C29H23IN2O6/c1-2-36-25-15-18(13-23-27(33)31-29(35)32(28(23)34)16-21-10-6-12-37-21)14-24(30)26(25)38-17-20-9-5-8-19-7-3-4-11-22(19)20/h3-15H,2,16-17H2,1H3,(H,31,33,35)/b23-13+. The Morgan fingerprint density at radius 3 is 2.61 bits per heavy atom. The number of barbiturate groups is 1. The molecule has 0 bridgehead atoms. The number of benzene rings is 3. The van der Waals surface area contributed by atoms with Gasteiger partial charge in [-0.1, -0.05) is 42.5 Å². The number of carbonyl (C=O) groups excluding carboxylic acids is 3. The van der Waals surface area contributed by atoms with Crippen molar-refractivity contribution in [2.75, 3.05) is 6.61 Å². The fourth-order valence-electron chi connectivity index (χ4n) is 4.21. The quantitative estimate of drug-likeness (QED) is 0.154. The Morgan fingerprint density at radius 2 is 1.82 bits per heavy atom. The molecule has 0 saturated carbocycles. The topological polar surface area (TPSA) is 98.1 Å². The molecule has 2 heterocycles. The van der Waals surface area contributed by atoms with E-state index in [1.165, 1.54) is 12.3 Å². The zero-order chi connectivity index (χ0) is 26.6. The van der Waals surface area contributed by atoms with Crippen LogP contribution in [-0.4, -0.2) is 29.4 Å². The van der Waals surface area contributed by atoms with E-state index < -0.39 is 17.8 Å². The molecule has 1 saturated heterocycles. The highest BCUT2D eigenvalue weighted by Gasteiger charge is 2.36. The van der Waals surface area contributed by atoms with Crippen LogP contribution in [0.25, 0.3) is 16.8 Å². The van der Waals surface area contributed by atoms with Gasteiger partial charge >= 0.3 is 6.03 Å². The molecule has 0 radical (unpaired) electrons. The number of urea groups is 1. The van der Waals surface area contributed by atoms with Crippen molar-refractivity contribution in [1.29, 1.82) is 0 Å². The number of hydrogen-bond acceptors (Lipinski definition) is 6. The lowest BCUT2D eigenvalue weighted by molar-refractivity contribution is -0.130. The molecule has 9 heteroatoms. The summed E-state index contributed by atoms with van der Waals surface area (Å²) in [6, 6.07) is 20.2. The predicted octanol–water partition coefficient (Wildman–Crippen LogP) is 5.68. The van der Waals surface area contributed by atoms with Gasteiger partial charge in [-0.2, -0.15) is 0 Å². The van der Waals surface area contributed by atoms with Crippen molar-refractivity contribution in [3.8, 4) is 11.5 Å². The fourth-order valence-corrected chi connectivity index (χ4v) is 4.99. The number of hydrogen-bond donors (Lipinski definition) is 1. The van der Waals surface area contributed by atoms with Crippen LogP contribution >= 0.6 is 22.6 Å². The Balaban J connectivity index is 1.43. The van der Waals surface area contributed by atoms with Crippen molar-refractivity contribution >= 4 is 57.3 Å². The van der Waals surface area contributed by atoms with Crippen molar-refractivity contribution in [2.45, 2.75) is 20.1 Å². The van der Waals surface area contributed by atoms with E-state index in [0.29, 0.717) is 36.0 Å². The van der Waals surface area contributed by atoms with E-state index in [2.05, 4.69) is 46.1 Å². The van der Waals surface area contributed by atoms with Crippen molar-refractivity contribution in [2.24, 2.45) is 0 Å². The van der Waals surface area contributed by atoms with E-state index in [-0.39, 0.29) is 12.1 Å². The van der Waals surface area contributed by atoms with Gasteiger partial charge in [-0.3, -0.25) is 19.8 Å². The molecular weight excluding hydrogens is 599 g/mol. The van der Waals surface area contributed by atoms with Crippen molar-refractivity contribution in [3.05, 3.63) is 99.0 Å². The SMILES string of the molecule is CCOc1cc(/C=C2\C(=O)NC(=O)N(Cc3ccco3)C2=O)cc(I)c1OCc1cccc2ccccc12. The van der Waals surface area contributed by atoms with Crippen LogP contribution < -0.4 is 14.8 Å². The largest absolute Gasteiger partial charge is 0.490 e. The molecule has 8 nitrogen and oxygen atoms in total. The minimum atomic E-state index is -0.796. The van der Waals surface area contributed by atoms with E-state index in [4.69, 9.17) is 13.9 Å². The first-order valence-corrected chi connectivity index (χ1v) is 13.0. The van der Waals surface area contributed by atoms with Crippen molar-refractivity contribution in [1.82, 2.24) is 10.2 Å². The lowest BCUT2D eigenvalue weighted by atomic mass is 10.1. The minimum absolute atomic E-state index is 0.0923. The van der Waals surface area contributed by atoms with E-state index in [1.807, 2.05) is 31.2 Å². The van der Waals surface area contributed by atoms with E-state index in [0.717, 1.165) is 24.8 Å². The molecule has 0 atom stereocenters. The normalized spacial score (nSPS) is 14.7. The van der Waals surface area contributed by atoms with Gasteiger partial charge < -0.3 is 13.9 Å². The van der Waals surface area contributed by atoms with Crippen LogP contribution in [0.4, 0.5) is 4.79 Å². The zero-order valence-electron chi connectivity index (χ0n) is 20.4. The number of imide groups is 2. The van der Waals surface area contributed by atoms with Gasteiger partial charge in [0.2, 0.25) is 0 Å². The van der Waals surface area contributed by atoms with Crippen LogP contribution in [0.1, 0.15) is 23.8 Å². The molecular formula is C29H23IN2O6. The van der Waals surface area contributed by atoms with Crippen LogP contribution in [0.3, 0.4) is 0 Å². The van der Waals surface area contributed by atoms with E-state index >= 15 is 0 Å². The number of halogens is 1. The smallest absolute Gasteiger partial charge is 0.331 e. The number of rotatable bonds is 8. The average molecular weight is 622 g/mol. The van der Waals surface area contributed by atoms with Crippen LogP contribution in [0.2, 0.25) is 0 Å². The summed E-state index contributed by atoms with van der Waals surface area (Å²) in [5, 5.41) is 4.46. The number of ether oxygens (including phenoxy) is 2. The number of furan rings is 1. The minimum Gasteiger partial charge on any atom is -0.490 e. The molecule has 0 spiro atoms. The van der Waals surface area contributed by atoms with Gasteiger partial charge in [0.25, 0.3) is 11.8 Å². The monoisotopic (exact) mass is 622 g/mol. The summed E-state index contributed by atoms with van der Waals surface area (Å²) in [6.45, 7) is 2.50. The molecule has 4 amide bonds. The molecule has 38 heavy (non-hydrogen) atoms. The molecule has 1 N–H and O–H groups in total. The van der Waals surface area contributed by atoms with Gasteiger partial charge in [0.1, 0.15) is 17.9 Å². The Kier molecular flexibility index (Phi) is 7.45. The van der Waals surface area contributed by atoms with Crippen LogP contribution in [0.5, 0.6) is 11.5 Å². The maximum Gasteiger partial charge on any atom is 0.331 e. The molecule has 5 rings (SSSR count). The predicted molar refractivity (Wildman–Crippen MR) is 149 cm³/mol. The lowest BCUT2D eigenvalue weighted by Crippen LogP contribution is -2.53. The Morgan fingerprint density at radius 1 is 1.00 bits per heavy atom. The van der Waals surface area contributed by atoms with Gasteiger partial charge in [-0.05, 0) is 81.8 Å². The first-order valence-electron chi connectivity index (χ1n) is 11.9. The number of amides is 4. The maximum atomic E-state index is 13.1. The second-order valence-electron chi connectivity index (χ2n) is 8.48. The Hall–Kier alpha value is -4.12. The van der Waals surface area contributed by atoms with Gasteiger partial charge in [0.05, 0.1) is 23.0 Å². The van der Waals surface area contributed by atoms with Crippen LogP contribution in [-0.2, 0) is 22.7 Å². The third kappa shape index (κ3) is 5.28. The Bertz CT molecular complexity index is 1560. The third-order valence-corrected chi connectivity index (χ3v) is 6.78. The molecule has 1 aliphatic heterocycles. The highest BCUT2D eigenvalue weighted by molar-refractivity contribution is 14.1. The van der Waals surface area contributed by atoms with Crippen molar-refractivity contribution < 1.29 is 28.3 Å². The fraction of sp³-hybridized carbons (Fsp3) is 0.138. The first-order chi connectivity index (χ1) is 18.4. The summed E-state index contributed by atoms with van der Waals surface area (Å²) in [5.74, 6) is -0.00215. The lowest BCUT2D eigenvalue weighted by Gasteiger charge is -2.25.